The molecule has 2 aromatic carbocycles. The molecule has 0 aliphatic carbocycles. The molecule has 0 spiro atoms. The van der Waals surface area contributed by atoms with E-state index < -0.39 is 0 Å². The van der Waals surface area contributed by atoms with Gasteiger partial charge in [0.2, 0.25) is 0 Å². The van der Waals surface area contributed by atoms with E-state index in [1.807, 2.05) is 18.2 Å². The van der Waals surface area contributed by atoms with Gasteiger partial charge in [0.05, 0.1) is 4.91 Å². The second kappa shape index (κ2) is 7.94. The van der Waals surface area contributed by atoms with Crippen molar-refractivity contribution in [2.24, 2.45) is 0 Å². The number of carbonyl (C=O) groups excluding carboxylic acids is 1. The molecule has 3 aromatic rings. The average molecular weight is 394 g/mol. The minimum absolute atomic E-state index is 0.146. The van der Waals surface area contributed by atoms with E-state index in [1.54, 1.807) is 24.3 Å². The first-order valence-electron chi connectivity index (χ1n) is 9.01. The first-order chi connectivity index (χ1) is 13.6. The number of aryl methyl sites for hydroxylation is 1. The molecule has 0 unspecified atom stereocenters. The molecule has 0 saturated carbocycles. The number of hydrogen-bond donors (Lipinski definition) is 2. The summed E-state index contributed by atoms with van der Waals surface area (Å²) in [7, 11) is 0. The highest BCUT2D eigenvalue weighted by molar-refractivity contribution is 8.05. The summed E-state index contributed by atoms with van der Waals surface area (Å²) in [4.78, 5) is 12.8. The van der Waals surface area contributed by atoms with Crippen LogP contribution in [0.2, 0.25) is 0 Å². The highest BCUT2D eigenvalue weighted by Crippen LogP contribution is 2.31. The van der Waals surface area contributed by atoms with Gasteiger partial charge in [-0.05, 0) is 60.5 Å². The Labute approximate surface area is 166 Å². The number of thioether (sulfide) groups is 1. The van der Waals surface area contributed by atoms with E-state index >= 15 is 0 Å². The lowest BCUT2D eigenvalue weighted by Crippen LogP contribution is -2.30. The Morgan fingerprint density at radius 2 is 1.86 bits per heavy atom. The van der Waals surface area contributed by atoms with Crippen molar-refractivity contribution in [2.45, 2.75) is 18.8 Å². The third-order valence-corrected chi connectivity index (χ3v) is 5.45. The fraction of sp³-hybridized carbons (Fsp3) is 0.136. The smallest absolute Gasteiger partial charge is 0.260 e. The third kappa shape index (κ3) is 4.12. The first kappa shape index (κ1) is 18.4. The largest absolute Gasteiger partial charge is 0.457 e. The van der Waals surface area contributed by atoms with Crippen molar-refractivity contribution in [3.05, 3.63) is 82.7 Å². The second-order valence-corrected chi connectivity index (χ2v) is 7.53. The molecule has 0 bridgehead atoms. The number of hydrogen-bond acceptors (Lipinski definition) is 4. The van der Waals surface area contributed by atoms with Gasteiger partial charge in [-0.25, -0.2) is 4.39 Å². The van der Waals surface area contributed by atoms with Crippen LogP contribution in [0.25, 0.3) is 17.4 Å². The lowest BCUT2D eigenvalue weighted by atomic mass is 10.1. The maximum atomic E-state index is 13.1. The minimum Gasteiger partial charge on any atom is -0.457 e. The van der Waals surface area contributed by atoms with Gasteiger partial charge < -0.3 is 15.1 Å². The molecule has 28 heavy (non-hydrogen) atoms. The molecule has 1 aliphatic heterocycles. The summed E-state index contributed by atoms with van der Waals surface area (Å²) >= 11 is 1.41. The van der Waals surface area contributed by atoms with Gasteiger partial charge in [-0.15, -0.1) is 0 Å². The summed E-state index contributed by atoms with van der Waals surface area (Å²) < 4.78 is 18.8. The first-order valence-corrected chi connectivity index (χ1v) is 9.89. The van der Waals surface area contributed by atoms with Gasteiger partial charge in [-0.2, -0.15) is 0 Å². The normalized spacial score (nSPS) is 17.7. The fourth-order valence-corrected chi connectivity index (χ4v) is 3.85. The van der Waals surface area contributed by atoms with Crippen LogP contribution in [0.3, 0.4) is 0 Å². The fourth-order valence-electron chi connectivity index (χ4n) is 2.88. The van der Waals surface area contributed by atoms with Crippen LogP contribution in [-0.2, 0) is 11.2 Å². The molecule has 1 amide bonds. The van der Waals surface area contributed by atoms with Crippen molar-refractivity contribution < 1.29 is 13.6 Å². The van der Waals surface area contributed by atoms with Gasteiger partial charge in [0, 0.05) is 17.3 Å². The molecular formula is C22H19FN2O2S. The highest BCUT2D eigenvalue weighted by atomic mass is 32.2. The summed E-state index contributed by atoms with van der Waals surface area (Å²) in [6, 6.07) is 17.9. The van der Waals surface area contributed by atoms with Gasteiger partial charge in [-0.1, -0.05) is 30.8 Å². The van der Waals surface area contributed by atoms with Crippen LogP contribution in [-0.4, -0.2) is 11.4 Å². The topological polar surface area (TPSA) is 54.3 Å². The summed E-state index contributed by atoms with van der Waals surface area (Å²) in [6.45, 7) is 2.11. The second-order valence-electron chi connectivity index (χ2n) is 6.38. The van der Waals surface area contributed by atoms with Gasteiger partial charge in [0.15, 0.2) is 5.50 Å². The molecular weight excluding hydrogens is 375 g/mol. The number of nitrogens with one attached hydrogen (secondary N) is 2. The molecule has 1 aromatic heterocycles. The van der Waals surface area contributed by atoms with Gasteiger partial charge in [0.25, 0.3) is 5.91 Å². The third-order valence-electron chi connectivity index (χ3n) is 4.42. The number of halogens is 1. The Kier molecular flexibility index (Phi) is 5.21. The molecule has 1 aliphatic rings. The molecule has 2 N–H and O–H groups in total. The Balaban J connectivity index is 1.45. The van der Waals surface area contributed by atoms with E-state index in [1.165, 1.54) is 29.5 Å². The summed E-state index contributed by atoms with van der Waals surface area (Å²) in [5, 5.41) is 6.21. The van der Waals surface area contributed by atoms with E-state index in [9.17, 15) is 9.18 Å². The molecule has 1 atom stereocenters. The maximum Gasteiger partial charge on any atom is 0.260 e. The van der Waals surface area contributed by atoms with Crippen molar-refractivity contribution in [3.8, 4) is 11.3 Å². The van der Waals surface area contributed by atoms with Gasteiger partial charge in [-0.3, -0.25) is 4.79 Å². The lowest BCUT2D eigenvalue weighted by molar-refractivity contribution is -0.116. The van der Waals surface area contributed by atoms with Crippen molar-refractivity contribution in [2.75, 3.05) is 5.32 Å². The number of anilines is 1. The predicted octanol–water partition coefficient (Wildman–Crippen LogP) is 5.25. The molecule has 4 rings (SSSR count). The van der Waals surface area contributed by atoms with E-state index in [0.29, 0.717) is 16.4 Å². The molecule has 0 radical (unpaired) electrons. The minimum atomic E-state index is -0.292. The summed E-state index contributed by atoms with van der Waals surface area (Å²) in [5.74, 6) is 0.762. The zero-order valence-corrected chi connectivity index (χ0v) is 16.1. The van der Waals surface area contributed by atoms with E-state index in [0.717, 1.165) is 17.7 Å². The molecule has 142 valence electrons. The number of rotatable bonds is 5. The molecule has 6 heteroatoms. The Hall–Kier alpha value is -2.99. The van der Waals surface area contributed by atoms with E-state index in [4.69, 9.17) is 4.42 Å². The van der Waals surface area contributed by atoms with Crippen molar-refractivity contribution in [3.63, 3.8) is 0 Å². The van der Waals surface area contributed by atoms with Crippen LogP contribution in [0.15, 0.2) is 70.0 Å². The lowest BCUT2D eigenvalue weighted by Gasteiger charge is -2.12. The SMILES string of the molecule is CCc1ccc(N[C@H]2NC(=O)/C(=C/c3ccc(-c4ccc(F)cc4)o3)S2)cc1. The Morgan fingerprint density at radius 3 is 2.57 bits per heavy atom. The summed E-state index contributed by atoms with van der Waals surface area (Å²) in [6.07, 6.45) is 2.71. The number of amides is 1. The van der Waals surface area contributed by atoms with Gasteiger partial charge >= 0.3 is 0 Å². The average Bonchev–Trinajstić information content (AvgIpc) is 3.30. The zero-order chi connectivity index (χ0) is 19.5. The molecule has 1 fully saturated rings. The van der Waals surface area contributed by atoms with Crippen molar-refractivity contribution in [1.29, 1.82) is 0 Å². The van der Waals surface area contributed by atoms with E-state index in [-0.39, 0.29) is 17.2 Å². The van der Waals surface area contributed by atoms with E-state index in [2.05, 4.69) is 29.7 Å². The Bertz CT molecular complexity index is 1010. The van der Waals surface area contributed by atoms with Gasteiger partial charge in [0.1, 0.15) is 17.3 Å². The number of benzene rings is 2. The van der Waals surface area contributed by atoms with Crippen LogP contribution in [0.1, 0.15) is 18.2 Å². The van der Waals surface area contributed by atoms with Crippen LogP contribution in [0.4, 0.5) is 10.1 Å². The molecule has 1 saturated heterocycles. The zero-order valence-electron chi connectivity index (χ0n) is 15.2. The monoisotopic (exact) mass is 394 g/mol. The quantitative estimate of drug-likeness (QED) is 0.581. The van der Waals surface area contributed by atoms with Crippen LogP contribution >= 0.6 is 11.8 Å². The van der Waals surface area contributed by atoms with Crippen LogP contribution in [0.5, 0.6) is 0 Å². The Morgan fingerprint density at radius 1 is 1.11 bits per heavy atom. The van der Waals surface area contributed by atoms with Crippen molar-refractivity contribution >= 4 is 29.4 Å². The standard InChI is InChI=1S/C22H19FN2O2S/c1-2-14-3-9-17(10-4-14)24-22-25-21(26)20(28-22)13-18-11-12-19(27-18)15-5-7-16(23)8-6-15/h3-13,22,24H,2H2,1H3,(H,25,26)/b20-13-/t22-/m0/s1. The number of carbonyl (C=O) groups is 1. The van der Waals surface area contributed by atoms with Crippen molar-refractivity contribution in [1.82, 2.24) is 5.32 Å². The van der Waals surface area contributed by atoms with Crippen LogP contribution < -0.4 is 10.6 Å². The van der Waals surface area contributed by atoms with Crippen LogP contribution in [0, 0.1) is 5.82 Å². The molecule has 2 heterocycles. The summed E-state index contributed by atoms with van der Waals surface area (Å²) in [5.41, 5.74) is 2.76. The maximum absolute atomic E-state index is 13.1. The number of furan rings is 1. The predicted molar refractivity (Wildman–Crippen MR) is 111 cm³/mol. The highest BCUT2D eigenvalue weighted by Gasteiger charge is 2.27. The molecule has 4 nitrogen and oxygen atoms in total.